The Hall–Kier alpha value is -0.740. The van der Waals surface area contributed by atoms with Crippen molar-refractivity contribution in [3.63, 3.8) is 0 Å². The standard InChI is InChI=1S/C11H17N/c1-3-9-12(2)10-11-7-5-4-6-8-11/h1,4-5,11H,6-10H2,2H3. The molecule has 0 bridgehead atoms. The number of rotatable bonds is 3. The maximum Gasteiger partial charge on any atom is 0.0596 e. The van der Waals surface area contributed by atoms with Gasteiger partial charge < -0.3 is 0 Å². The van der Waals surface area contributed by atoms with Crippen LogP contribution in [0.3, 0.4) is 0 Å². The highest BCUT2D eigenvalue weighted by Gasteiger charge is 2.11. The van der Waals surface area contributed by atoms with Crippen LogP contribution >= 0.6 is 0 Å². The van der Waals surface area contributed by atoms with E-state index in [9.17, 15) is 0 Å². The van der Waals surface area contributed by atoms with Crippen LogP contribution in [0.2, 0.25) is 0 Å². The summed E-state index contributed by atoms with van der Waals surface area (Å²) in [7, 11) is 2.10. The molecule has 0 aromatic heterocycles. The van der Waals surface area contributed by atoms with E-state index in [1.54, 1.807) is 0 Å². The molecule has 0 N–H and O–H groups in total. The number of hydrogen-bond acceptors (Lipinski definition) is 1. The van der Waals surface area contributed by atoms with Gasteiger partial charge in [-0.05, 0) is 32.2 Å². The molecule has 1 rings (SSSR count). The molecule has 0 spiro atoms. The Morgan fingerprint density at radius 3 is 3.00 bits per heavy atom. The van der Waals surface area contributed by atoms with Gasteiger partial charge in [-0.1, -0.05) is 18.1 Å². The van der Waals surface area contributed by atoms with Crippen molar-refractivity contribution in [2.24, 2.45) is 5.92 Å². The van der Waals surface area contributed by atoms with Gasteiger partial charge in [0.2, 0.25) is 0 Å². The lowest BCUT2D eigenvalue weighted by Crippen LogP contribution is -2.26. The molecule has 0 aromatic carbocycles. The van der Waals surface area contributed by atoms with E-state index in [0.717, 1.165) is 19.0 Å². The molecule has 0 amide bonds. The molecule has 0 radical (unpaired) electrons. The minimum atomic E-state index is 0.778. The van der Waals surface area contributed by atoms with E-state index in [0.29, 0.717) is 0 Å². The average molecular weight is 163 g/mol. The van der Waals surface area contributed by atoms with E-state index in [1.807, 2.05) is 0 Å². The van der Waals surface area contributed by atoms with Crippen LogP contribution in [0.4, 0.5) is 0 Å². The summed E-state index contributed by atoms with van der Waals surface area (Å²) < 4.78 is 0. The van der Waals surface area contributed by atoms with Gasteiger partial charge in [0, 0.05) is 6.54 Å². The minimum Gasteiger partial charge on any atom is -0.295 e. The van der Waals surface area contributed by atoms with Crippen LogP contribution in [0.15, 0.2) is 12.2 Å². The van der Waals surface area contributed by atoms with Gasteiger partial charge in [0.25, 0.3) is 0 Å². The van der Waals surface area contributed by atoms with Gasteiger partial charge in [0.1, 0.15) is 0 Å². The van der Waals surface area contributed by atoms with Crippen LogP contribution in [0, 0.1) is 18.3 Å². The zero-order valence-electron chi connectivity index (χ0n) is 7.79. The summed E-state index contributed by atoms with van der Waals surface area (Å²) in [4.78, 5) is 2.23. The molecule has 0 saturated heterocycles. The van der Waals surface area contributed by atoms with Gasteiger partial charge in [0.15, 0.2) is 0 Å². The Morgan fingerprint density at radius 1 is 1.58 bits per heavy atom. The van der Waals surface area contributed by atoms with Gasteiger partial charge in [-0.25, -0.2) is 0 Å². The van der Waals surface area contributed by atoms with Gasteiger partial charge in [-0.2, -0.15) is 0 Å². The first kappa shape index (κ1) is 9.35. The largest absolute Gasteiger partial charge is 0.295 e. The maximum absolute atomic E-state index is 5.23. The van der Waals surface area contributed by atoms with Crippen molar-refractivity contribution in [2.45, 2.75) is 19.3 Å². The minimum absolute atomic E-state index is 0.778. The summed E-state index contributed by atoms with van der Waals surface area (Å²) in [6.45, 7) is 1.93. The molecule has 1 aliphatic carbocycles. The summed E-state index contributed by atoms with van der Waals surface area (Å²) in [6.07, 6.45) is 13.6. The molecule has 0 aromatic rings. The summed E-state index contributed by atoms with van der Waals surface area (Å²) in [5, 5.41) is 0. The van der Waals surface area contributed by atoms with E-state index >= 15 is 0 Å². The fourth-order valence-corrected chi connectivity index (χ4v) is 1.68. The first-order valence-corrected chi connectivity index (χ1v) is 4.60. The van der Waals surface area contributed by atoms with Crippen molar-refractivity contribution >= 4 is 0 Å². The summed E-state index contributed by atoms with van der Waals surface area (Å²) in [5.41, 5.74) is 0. The Kier molecular flexibility index (Phi) is 3.90. The molecular weight excluding hydrogens is 146 g/mol. The molecule has 0 aliphatic heterocycles. The Morgan fingerprint density at radius 2 is 2.42 bits per heavy atom. The average Bonchev–Trinajstić information content (AvgIpc) is 2.06. The maximum atomic E-state index is 5.23. The normalized spacial score (nSPS) is 22.6. The summed E-state index contributed by atoms with van der Waals surface area (Å²) in [6, 6.07) is 0. The van der Waals surface area contributed by atoms with Crippen molar-refractivity contribution in [2.75, 3.05) is 20.1 Å². The number of nitrogens with zero attached hydrogens (tertiary/aromatic N) is 1. The predicted molar refractivity (Wildman–Crippen MR) is 52.8 cm³/mol. The lowest BCUT2D eigenvalue weighted by Gasteiger charge is -2.23. The summed E-state index contributed by atoms with van der Waals surface area (Å²) in [5.74, 6) is 3.49. The van der Waals surface area contributed by atoms with Crippen molar-refractivity contribution in [3.8, 4) is 12.3 Å². The Bertz CT molecular complexity index is 188. The molecule has 1 heteroatoms. The van der Waals surface area contributed by atoms with Gasteiger partial charge in [0.05, 0.1) is 6.54 Å². The smallest absolute Gasteiger partial charge is 0.0596 e. The Labute approximate surface area is 75.5 Å². The second kappa shape index (κ2) is 5.00. The number of allylic oxidation sites excluding steroid dienone is 2. The third-order valence-electron chi connectivity index (χ3n) is 2.31. The third-order valence-corrected chi connectivity index (χ3v) is 2.31. The van der Waals surface area contributed by atoms with Crippen molar-refractivity contribution in [1.29, 1.82) is 0 Å². The van der Waals surface area contributed by atoms with Crippen molar-refractivity contribution in [1.82, 2.24) is 4.90 Å². The molecule has 1 unspecified atom stereocenters. The lowest BCUT2D eigenvalue weighted by molar-refractivity contribution is 0.290. The van der Waals surface area contributed by atoms with Crippen molar-refractivity contribution in [3.05, 3.63) is 12.2 Å². The lowest BCUT2D eigenvalue weighted by atomic mass is 9.94. The third kappa shape index (κ3) is 3.11. The molecule has 0 saturated carbocycles. The highest BCUT2D eigenvalue weighted by molar-refractivity contribution is 4.92. The number of terminal acetylenes is 1. The predicted octanol–water partition coefficient (Wildman–Crippen LogP) is 1.91. The van der Waals surface area contributed by atoms with Crippen LogP contribution in [-0.4, -0.2) is 25.0 Å². The highest BCUT2D eigenvalue weighted by atomic mass is 15.1. The van der Waals surface area contributed by atoms with E-state index in [4.69, 9.17) is 6.42 Å². The quantitative estimate of drug-likeness (QED) is 0.454. The van der Waals surface area contributed by atoms with Crippen LogP contribution in [-0.2, 0) is 0 Å². The molecule has 66 valence electrons. The first-order chi connectivity index (χ1) is 5.83. The summed E-state index contributed by atoms with van der Waals surface area (Å²) >= 11 is 0. The van der Waals surface area contributed by atoms with Crippen LogP contribution in [0.25, 0.3) is 0 Å². The fraction of sp³-hybridized carbons (Fsp3) is 0.636. The van der Waals surface area contributed by atoms with Gasteiger partial charge in [-0.15, -0.1) is 6.42 Å². The highest BCUT2D eigenvalue weighted by Crippen LogP contribution is 2.18. The molecule has 0 heterocycles. The molecule has 0 fully saturated rings. The van der Waals surface area contributed by atoms with Gasteiger partial charge >= 0.3 is 0 Å². The zero-order chi connectivity index (χ0) is 8.81. The number of hydrogen-bond donors (Lipinski definition) is 0. The monoisotopic (exact) mass is 163 g/mol. The second-order valence-corrected chi connectivity index (χ2v) is 3.55. The molecular formula is C11H17N. The Balaban J connectivity index is 2.22. The molecule has 1 atom stereocenters. The molecule has 12 heavy (non-hydrogen) atoms. The van der Waals surface area contributed by atoms with E-state index < -0.39 is 0 Å². The fourth-order valence-electron chi connectivity index (χ4n) is 1.68. The first-order valence-electron chi connectivity index (χ1n) is 4.60. The van der Waals surface area contributed by atoms with E-state index in [2.05, 4.69) is 30.0 Å². The SMILES string of the molecule is C#CCN(C)CC1CC=CCC1. The van der Waals surface area contributed by atoms with Crippen LogP contribution in [0.1, 0.15) is 19.3 Å². The van der Waals surface area contributed by atoms with E-state index in [-0.39, 0.29) is 0 Å². The molecule has 1 nitrogen and oxygen atoms in total. The van der Waals surface area contributed by atoms with Crippen molar-refractivity contribution < 1.29 is 0 Å². The van der Waals surface area contributed by atoms with Gasteiger partial charge in [-0.3, -0.25) is 4.90 Å². The molecule has 1 aliphatic rings. The second-order valence-electron chi connectivity index (χ2n) is 3.55. The zero-order valence-corrected chi connectivity index (χ0v) is 7.79. The topological polar surface area (TPSA) is 3.24 Å². The van der Waals surface area contributed by atoms with Crippen LogP contribution in [0.5, 0.6) is 0 Å². The van der Waals surface area contributed by atoms with E-state index in [1.165, 1.54) is 19.3 Å². The van der Waals surface area contributed by atoms with Crippen LogP contribution < -0.4 is 0 Å².